The molecule has 49 heavy (non-hydrogen) atoms. The summed E-state index contributed by atoms with van der Waals surface area (Å²) in [4.78, 5) is 0. The second-order valence-corrected chi connectivity index (χ2v) is 15.0. The van der Waals surface area contributed by atoms with Crippen LogP contribution in [0.5, 0.6) is 0 Å². The van der Waals surface area contributed by atoms with Gasteiger partial charge in [0.05, 0.1) is 4.70 Å². The van der Waals surface area contributed by atoms with Gasteiger partial charge in [-0.2, -0.15) is 0 Å². The molecule has 8 aromatic carbocycles. The highest BCUT2D eigenvalue weighted by atomic mass is 32.1. The molecule has 0 unspecified atom stereocenters. The number of furan rings is 1. The van der Waals surface area contributed by atoms with Crippen molar-refractivity contribution in [3.63, 3.8) is 0 Å². The fourth-order valence-electron chi connectivity index (χ4n) is 8.98. The average molecular weight is 643 g/mol. The second-order valence-electron chi connectivity index (χ2n) is 13.9. The van der Waals surface area contributed by atoms with Gasteiger partial charge < -0.3 is 4.42 Å². The Morgan fingerprint density at radius 1 is 0.490 bits per heavy atom. The maximum atomic E-state index is 6.75. The molecule has 0 saturated carbocycles. The van der Waals surface area contributed by atoms with Crippen molar-refractivity contribution in [3.8, 4) is 33.4 Å². The number of fused-ring (bicyclic) bond motifs is 14. The van der Waals surface area contributed by atoms with E-state index in [0.717, 1.165) is 11.2 Å². The molecule has 0 atom stereocenters. The van der Waals surface area contributed by atoms with E-state index in [1.807, 2.05) is 11.3 Å². The molecule has 0 fully saturated rings. The molecular weight excluding hydrogens is 613 g/mol. The molecule has 2 heterocycles. The van der Waals surface area contributed by atoms with E-state index < -0.39 is 0 Å². The van der Waals surface area contributed by atoms with E-state index in [4.69, 9.17) is 4.42 Å². The summed E-state index contributed by atoms with van der Waals surface area (Å²) in [5, 5.41) is 10.2. The average Bonchev–Trinajstić information content (AvgIpc) is 3.79. The standard InChI is InChI=1S/C47H30OS/c1-47(2)36-26-28(40-31-18-8-6-16-29(31)39(27-14-4-3-5-15-27)30-17-7-9-19-32(30)40)24-25-33(36)41-42-34-20-10-12-22-37(34)48-45(42)46-43(44(41)47)35-21-11-13-23-38(35)49-46/h3-26H,1-2H3. The minimum absolute atomic E-state index is 0.231. The zero-order valence-corrected chi connectivity index (χ0v) is 28.0. The molecule has 0 bridgehead atoms. The lowest BCUT2D eigenvalue weighted by Gasteiger charge is -2.24. The van der Waals surface area contributed by atoms with Gasteiger partial charge >= 0.3 is 0 Å². The second kappa shape index (κ2) is 9.69. The van der Waals surface area contributed by atoms with Gasteiger partial charge in [-0.3, -0.25) is 0 Å². The van der Waals surface area contributed by atoms with Crippen LogP contribution in [0.15, 0.2) is 150 Å². The molecule has 0 aliphatic heterocycles. The Hall–Kier alpha value is -5.70. The summed E-state index contributed by atoms with van der Waals surface area (Å²) in [6, 6.07) is 53.4. The van der Waals surface area contributed by atoms with Crippen LogP contribution in [0.25, 0.3) is 97.0 Å². The predicted octanol–water partition coefficient (Wildman–Crippen LogP) is 13.9. The summed E-state index contributed by atoms with van der Waals surface area (Å²) >= 11 is 1.86. The lowest BCUT2D eigenvalue weighted by molar-refractivity contribution is 0.665. The van der Waals surface area contributed by atoms with Gasteiger partial charge in [-0.25, -0.2) is 0 Å². The van der Waals surface area contributed by atoms with Crippen LogP contribution in [-0.2, 0) is 5.41 Å². The SMILES string of the molecule is CC1(C)c2cc(-c3c4ccccc4c(-c4ccccc4)c4ccccc34)ccc2-c2c1c1c3ccccc3sc1c1oc3ccccc3c21. The molecule has 10 aromatic rings. The van der Waals surface area contributed by atoms with Gasteiger partial charge in [0, 0.05) is 31.7 Å². The molecule has 2 heteroatoms. The summed E-state index contributed by atoms with van der Waals surface area (Å²) in [7, 11) is 0. The fraction of sp³-hybridized carbons (Fsp3) is 0.0638. The zero-order chi connectivity index (χ0) is 32.4. The Morgan fingerprint density at radius 2 is 1.06 bits per heavy atom. The Morgan fingerprint density at radius 3 is 1.76 bits per heavy atom. The third kappa shape index (κ3) is 3.54. The van der Waals surface area contributed by atoms with Crippen molar-refractivity contribution in [2.45, 2.75) is 19.3 Å². The number of thiophene rings is 1. The van der Waals surface area contributed by atoms with Gasteiger partial charge in [-0.15, -0.1) is 11.3 Å². The van der Waals surface area contributed by atoms with Crippen molar-refractivity contribution in [1.29, 1.82) is 0 Å². The first-order valence-corrected chi connectivity index (χ1v) is 17.8. The number of hydrogen-bond acceptors (Lipinski definition) is 2. The van der Waals surface area contributed by atoms with Crippen LogP contribution in [-0.4, -0.2) is 0 Å². The summed E-state index contributed by atoms with van der Waals surface area (Å²) in [6.07, 6.45) is 0. The smallest absolute Gasteiger partial charge is 0.153 e. The van der Waals surface area contributed by atoms with Gasteiger partial charge in [-0.1, -0.05) is 141 Å². The summed E-state index contributed by atoms with van der Waals surface area (Å²) in [6.45, 7) is 4.85. The van der Waals surface area contributed by atoms with E-state index in [0.29, 0.717) is 0 Å². The summed E-state index contributed by atoms with van der Waals surface area (Å²) in [5.74, 6) is 0. The zero-order valence-electron chi connectivity index (χ0n) is 27.2. The van der Waals surface area contributed by atoms with Gasteiger partial charge in [0.1, 0.15) is 5.58 Å². The predicted molar refractivity (Wildman–Crippen MR) is 210 cm³/mol. The molecule has 0 amide bonds. The Balaban J connectivity index is 1.26. The highest BCUT2D eigenvalue weighted by Gasteiger charge is 2.41. The van der Waals surface area contributed by atoms with E-state index in [1.54, 1.807) is 0 Å². The number of hydrogen-bond donors (Lipinski definition) is 0. The van der Waals surface area contributed by atoms with Gasteiger partial charge in [-0.05, 0) is 84.3 Å². The van der Waals surface area contributed by atoms with Crippen molar-refractivity contribution in [1.82, 2.24) is 0 Å². The van der Waals surface area contributed by atoms with Crippen molar-refractivity contribution in [3.05, 3.63) is 157 Å². The molecule has 0 radical (unpaired) electrons. The maximum absolute atomic E-state index is 6.75. The van der Waals surface area contributed by atoms with E-state index in [2.05, 4.69) is 159 Å². The number of benzene rings is 8. The van der Waals surface area contributed by atoms with E-state index in [9.17, 15) is 0 Å². The van der Waals surface area contributed by atoms with Crippen molar-refractivity contribution >= 4 is 75.0 Å². The highest BCUT2D eigenvalue weighted by Crippen LogP contribution is 2.59. The summed E-state index contributed by atoms with van der Waals surface area (Å²) < 4.78 is 9.30. The minimum Gasteiger partial charge on any atom is -0.455 e. The van der Waals surface area contributed by atoms with Crippen LogP contribution >= 0.6 is 11.3 Å². The van der Waals surface area contributed by atoms with Crippen molar-refractivity contribution < 1.29 is 4.42 Å². The normalized spacial score (nSPS) is 13.7. The molecule has 0 saturated heterocycles. The molecule has 0 N–H and O–H groups in total. The van der Waals surface area contributed by atoms with E-state index in [1.165, 1.54) is 97.0 Å². The van der Waals surface area contributed by atoms with Crippen LogP contribution in [0.2, 0.25) is 0 Å². The van der Waals surface area contributed by atoms with Crippen LogP contribution in [0.3, 0.4) is 0 Å². The van der Waals surface area contributed by atoms with E-state index in [-0.39, 0.29) is 5.41 Å². The molecular formula is C47H30OS. The summed E-state index contributed by atoms with van der Waals surface area (Å²) in [5.41, 5.74) is 12.3. The molecule has 1 aliphatic rings. The monoisotopic (exact) mass is 642 g/mol. The van der Waals surface area contributed by atoms with Crippen molar-refractivity contribution in [2.75, 3.05) is 0 Å². The molecule has 0 spiro atoms. The number of para-hydroxylation sites is 1. The lowest BCUT2D eigenvalue weighted by Crippen LogP contribution is -2.15. The first kappa shape index (κ1) is 27.3. The lowest BCUT2D eigenvalue weighted by atomic mass is 9.79. The molecule has 11 rings (SSSR count). The third-order valence-electron chi connectivity index (χ3n) is 11.0. The maximum Gasteiger partial charge on any atom is 0.153 e. The minimum atomic E-state index is -0.231. The quantitative estimate of drug-likeness (QED) is 0.171. The molecule has 2 aromatic heterocycles. The van der Waals surface area contributed by atoms with E-state index >= 15 is 0 Å². The molecule has 1 aliphatic carbocycles. The molecule has 230 valence electrons. The Kier molecular flexibility index (Phi) is 5.39. The largest absolute Gasteiger partial charge is 0.455 e. The first-order valence-electron chi connectivity index (χ1n) is 17.0. The Bertz CT molecular complexity index is 2950. The van der Waals surface area contributed by atoms with Crippen molar-refractivity contribution in [2.24, 2.45) is 0 Å². The molecule has 1 nitrogen and oxygen atoms in total. The first-order chi connectivity index (χ1) is 24.1. The van der Waals surface area contributed by atoms with Crippen LogP contribution in [0.4, 0.5) is 0 Å². The van der Waals surface area contributed by atoms with Crippen LogP contribution in [0, 0.1) is 0 Å². The highest BCUT2D eigenvalue weighted by molar-refractivity contribution is 7.26. The van der Waals surface area contributed by atoms with Gasteiger partial charge in [0.2, 0.25) is 0 Å². The van der Waals surface area contributed by atoms with Gasteiger partial charge in [0.25, 0.3) is 0 Å². The third-order valence-corrected chi connectivity index (χ3v) is 12.2. The topological polar surface area (TPSA) is 13.1 Å². The van der Waals surface area contributed by atoms with Crippen LogP contribution < -0.4 is 0 Å². The number of rotatable bonds is 2. The van der Waals surface area contributed by atoms with Crippen LogP contribution in [0.1, 0.15) is 25.0 Å². The Labute approximate surface area is 287 Å². The van der Waals surface area contributed by atoms with Gasteiger partial charge in [0.15, 0.2) is 5.58 Å². The fourth-order valence-corrected chi connectivity index (χ4v) is 10.2.